The van der Waals surface area contributed by atoms with Gasteiger partial charge in [-0.25, -0.2) is 0 Å². The summed E-state index contributed by atoms with van der Waals surface area (Å²) in [7, 11) is 0. The van der Waals surface area contributed by atoms with E-state index in [0.29, 0.717) is 19.0 Å². The van der Waals surface area contributed by atoms with E-state index in [4.69, 9.17) is 0 Å². The lowest BCUT2D eigenvalue weighted by Gasteiger charge is -2.39. The molecule has 3 atom stereocenters. The first-order valence-electron chi connectivity index (χ1n) is 6.57. The molecule has 106 valence electrons. The van der Waals surface area contributed by atoms with E-state index in [1.165, 1.54) is 0 Å². The molecule has 0 radical (unpaired) electrons. The molecule has 1 aliphatic heterocycles. The van der Waals surface area contributed by atoms with Gasteiger partial charge in [0.25, 0.3) is 0 Å². The standard InChI is InChI=1S/C12H21F3N2O/c1-8(18)9-4-10(16-7-12(13,14)15)6-17(5-9)11-2-3-11/h8-11,16,18H,2-7H2,1H3. The molecule has 3 nitrogen and oxygen atoms in total. The first-order valence-corrected chi connectivity index (χ1v) is 6.57. The van der Waals surface area contributed by atoms with Gasteiger partial charge < -0.3 is 10.4 Å². The van der Waals surface area contributed by atoms with Crippen molar-refractivity contribution in [2.75, 3.05) is 19.6 Å². The van der Waals surface area contributed by atoms with Crippen LogP contribution in [0.1, 0.15) is 26.2 Å². The number of nitrogens with one attached hydrogen (secondary N) is 1. The van der Waals surface area contributed by atoms with Crippen LogP contribution in [-0.2, 0) is 0 Å². The Morgan fingerprint density at radius 3 is 2.50 bits per heavy atom. The first-order chi connectivity index (χ1) is 8.35. The molecule has 1 heterocycles. The van der Waals surface area contributed by atoms with Gasteiger partial charge in [-0.15, -0.1) is 0 Å². The maximum absolute atomic E-state index is 12.2. The van der Waals surface area contributed by atoms with E-state index in [1.54, 1.807) is 6.92 Å². The van der Waals surface area contributed by atoms with Crippen molar-refractivity contribution < 1.29 is 18.3 Å². The molecular weight excluding hydrogens is 245 g/mol. The quantitative estimate of drug-likeness (QED) is 0.807. The smallest absolute Gasteiger partial charge is 0.393 e. The minimum atomic E-state index is -4.16. The Bertz CT molecular complexity index is 269. The Hall–Kier alpha value is -0.330. The van der Waals surface area contributed by atoms with Crippen LogP contribution in [0.4, 0.5) is 13.2 Å². The van der Waals surface area contributed by atoms with Crippen molar-refractivity contribution in [3.8, 4) is 0 Å². The molecular formula is C12H21F3N2O. The molecule has 0 amide bonds. The SMILES string of the molecule is CC(O)C1CC(NCC(F)(F)F)CN(C2CC2)C1. The molecule has 1 saturated carbocycles. The zero-order valence-electron chi connectivity index (χ0n) is 10.6. The van der Waals surface area contributed by atoms with Crippen molar-refractivity contribution in [2.24, 2.45) is 5.92 Å². The highest BCUT2D eigenvalue weighted by molar-refractivity contribution is 4.93. The van der Waals surface area contributed by atoms with Crippen LogP contribution < -0.4 is 5.32 Å². The van der Waals surface area contributed by atoms with Crippen LogP contribution in [0.15, 0.2) is 0 Å². The van der Waals surface area contributed by atoms with Crippen molar-refractivity contribution in [1.82, 2.24) is 10.2 Å². The number of hydrogen-bond donors (Lipinski definition) is 2. The number of rotatable bonds is 4. The number of aliphatic hydroxyl groups excluding tert-OH is 1. The average Bonchev–Trinajstić information content (AvgIpc) is 3.08. The largest absolute Gasteiger partial charge is 0.401 e. The van der Waals surface area contributed by atoms with E-state index < -0.39 is 18.8 Å². The van der Waals surface area contributed by atoms with E-state index in [0.717, 1.165) is 19.4 Å². The lowest BCUT2D eigenvalue weighted by molar-refractivity contribution is -0.127. The molecule has 6 heteroatoms. The number of likely N-dealkylation sites (tertiary alicyclic amines) is 1. The minimum Gasteiger partial charge on any atom is -0.393 e. The van der Waals surface area contributed by atoms with Gasteiger partial charge in [0.15, 0.2) is 0 Å². The number of hydrogen-bond acceptors (Lipinski definition) is 3. The lowest BCUT2D eigenvalue weighted by Crippen LogP contribution is -2.53. The average molecular weight is 266 g/mol. The second-order valence-corrected chi connectivity index (χ2v) is 5.61. The summed E-state index contributed by atoms with van der Waals surface area (Å²) in [5, 5.41) is 12.2. The van der Waals surface area contributed by atoms with Gasteiger partial charge in [-0.1, -0.05) is 0 Å². The van der Waals surface area contributed by atoms with E-state index in [2.05, 4.69) is 10.2 Å². The maximum atomic E-state index is 12.2. The van der Waals surface area contributed by atoms with Gasteiger partial charge in [-0.05, 0) is 32.1 Å². The molecule has 2 rings (SSSR count). The molecule has 1 saturated heterocycles. The molecule has 2 aliphatic rings. The van der Waals surface area contributed by atoms with Gasteiger partial charge in [0.2, 0.25) is 0 Å². The van der Waals surface area contributed by atoms with Crippen molar-refractivity contribution in [3.63, 3.8) is 0 Å². The summed E-state index contributed by atoms with van der Waals surface area (Å²) in [4.78, 5) is 2.23. The van der Waals surface area contributed by atoms with E-state index in [1.807, 2.05) is 0 Å². The van der Waals surface area contributed by atoms with Crippen molar-refractivity contribution in [2.45, 2.75) is 50.6 Å². The van der Waals surface area contributed by atoms with E-state index in [-0.39, 0.29) is 12.0 Å². The number of halogens is 3. The molecule has 0 aromatic heterocycles. The van der Waals surface area contributed by atoms with Crippen molar-refractivity contribution in [3.05, 3.63) is 0 Å². The molecule has 2 fully saturated rings. The van der Waals surface area contributed by atoms with Crippen LogP contribution in [0.2, 0.25) is 0 Å². The third-order valence-electron chi connectivity index (χ3n) is 3.85. The van der Waals surface area contributed by atoms with Crippen molar-refractivity contribution in [1.29, 1.82) is 0 Å². The Labute approximate surface area is 105 Å². The Kier molecular flexibility index (Phi) is 4.18. The Balaban J connectivity index is 1.88. The molecule has 0 bridgehead atoms. The number of piperidine rings is 1. The highest BCUT2D eigenvalue weighted by Gasteiger charge is 2.38. The van der Waals surface area contributed by atoms with Gasteiger partial charge in [0.05, 0.1) is 12.6 Å². The zero-order valence-corrected chi connectivity index (χ0v) is 10.6. The predicted octanol–water partition coefficient (Wildman–Crippen LogP) is 1.37. The maximum Gasteiger partial charge on any atom is 0.401 e. The van der Waals surface area contributed by atoms with Crippen LogP contribution in [0.25, 0.3) is 0 Å². The van der Waals surface area contributed by atoms with E-state index >= 15 is 0 Å². The molecule has 2 N–H and O–H groups in total. The molecule has 0 aromatic carbocycles. The fourth-order valence-corrected chi connectivity index (χ4v) is 2.67. The third kappa shape index (κ3) is 4.10. The van der Waals surface area contributed by atoms with Crippen LogP contribution in [-0.4, -0.2) is 54.0 Å². The highest BCUT2D eigenvalue weighted by Crippen LogP contribution is 2.32. The fourth-order valence-electron chi connectivity index (χ4n) is 2.67. The van der Waals surface area contributed by atoms with Gasteiger partial charge >= 0.3 is 6.18 Å². The van der Waals surface area contributed by atoms with Crippen LogP contribution in [0.3, 0.4) is 0 Å². The lowest BCUT2D eigenvalue weighted by atomic mass is 9.90. The summed E-state index contributed by atoms with van der Waals surface area (Å²) in [5.74, 6) is 0.0742. The van der Waals surface area contributed by atoms with Gasteiger partial charge in [-0.3, -0.25) is 4.90 Å². The summed E-state index contributed by atoms with van der Waals surface area (Å²) >= 11 is 0. The Morgan fingerprint density at radius 1 is 1.33 bits per heavy atom. The first kappa shape index (κ1) is 14.1. The third-order valence-corrected chi connectivity index (χ3v) is 3.85. The van der Waals surface area contributed by atoms with Crippen LogP contribution in [0.5, 0.6) is 0 Å². The van der Waals surface area contributed by atoms with Crippen molar-refractivity contribution >= 4 is 0 Å². The predicted molar refractivity (Wildman–Crippen MR) is 62.2 cm³/mol. The monoisotopic (exact) mass is 266 g/mol. The summed E-state index contributed by atoms with van der Waals surface area (Å²) < 4.78 is 36.6. The van der Waals surface area contributed by atoms with E-state index in [9.17, 15) is 18.3 Å². The summed E-state index contributed by atoms with van der Waals surface area (Å²) in [5.41, 5.74) is 0. The van der Waals surface area contributed by atoms with Gasteiger partial charge in [0.1, 0.15) is 0 Å². The second kappa shape index (κ2) is 5.35. The van der Waals surface area contributed by atoms with Crippen LogP contribution >= 0.6 is 0 Å². The molecule has 3 unspecified atom stereocenters. The highest BCUT2D eigenvalue weighted by atomic mass is 19.4. The van der Waals surface area contributed by atoms with Crippen LogP contribution in [0, 0.1) is 5.92 Å². The molecule has 1 aliphatic carbocycles. The summed E-state index contributed by atoms with van der Waals surface area (Å²) in [6.07, 6.45) is -1.72. The summed E-state index contributed by atoms with van der Waals surface area (Å²) in [6, 6.07) is 0.363. The summed E-state index contributed by atoms with van der Waals surface area (Å²) in [6.45, 7) is 2.26. The van der Waals surface area contributed by atoms with Gasteiger partial charge in [-0.2, -0.15) is 13.2 Å². The minimum absolute atomic E-state index is 0.0742. The zero-order chi connectivity index (χ0) is 13.3. The topological polar surface area (TPSA) is 35.5 Å². The number of alkyl halides is 3. The van der Waals surface area contributed by atoms with Gasteiger partial charge in [0, 0.05) is 25.2 Å². The molecule has 0 spiro atoms. The second-order valence-electron chi connectivity index (χ2n) is 5.61. The fraction of sp³-hybridized carbons (Fsp3) is 1.00. The Morgan fingerprint density at radius 2 is 2.00 bits per heavy atom. The molecule has 18 heavy (non-hydrogen) atoms. The molecule has 0 aromatic rings. The number of aliphatic hydroxyl groups is 1. The normalized spacial score (nSPS) is 32.5. The number of nitrogens with zero attached hydrogens (tertiary/aromatic N) is 1.